The van der Waals surface area contributed by atoms with Crippen molar-refractivity contribution < 1.29 is 14.3 Å². The smallest absolute Gasteiger partial charge is 0.408 e. The summed E-state index contributed by atoms with van der Waals surface area (Å²) in [5.41, 5.74) is -0.558. The van der Waals surface area contributed by atoms with Crippen molar-refractivity contribution in [3.05, 3.63) is 0 Å². The molecule has 0 atom stereocenters. The average Bonchev–Trinajstić information content (AvgIpc) is 2.99. The minimum atomic E-state index is -0.563. The van der Waals surface area contributed by atoms with Crippen molar-refractivity contribution in [3.63, 3.8) is 0 Å². The summed E-state index contributed by atoms with van der Waals surface area (Å²) in [6.07, 6.45) is 2.06. The third-order valence-corrected chi connectivity index (χ3v) is 4.02. The molecule has 2 amide bonds. The molecule has 0 spiro atoms. The standard InChI is InChI=1S/C17H34N4O3/c1-17(2,3)24-16(23)18-14-15(22)20(5)12-10-19(4)11-13-21-8-6-7-9-21/h6-14H2,1-5H3,(H,18,23). The zero-order valence-corrected chi connectivity index (χ0v) is 15.9. The third kappa shape index (κ3) is 9.08. The minimum Gasteiger partial charge on any atom is -0.444 e. The Morgan fingerprint density at radius 1 is 1.08 bits per heavy atom. The summed E-state index contributed by atoms with van der Waals surface area (Å²) in [5.74, 6) is -0.117. The van der Waals surface area contributed by atoms with Crippen LogP contribution in [0.25, 0.3) is 0 Å². The van der Waals surface area contributed by atoms with Gasteiger partial charge < -0.3 is 24.8 Å². The number of hydrogen-bond acceptors (Lipinski definition) is 5. The van der Waals surface area contributed by atoms with Crippen LogP contribution in [0.15, 0.2) is 0 Å². The second-order valence-corrected chi connectivity index (χ2v) is 7.52. The summed E-state index contributed by atoms with van der Waals surface area (Å²) < 4.78 is 5.11. The largest absolute Gasteiger partial charge is 0.444 e. The molecule has 0 aliphatic carbocycles. The minimum absolute atomic E-state index is 0.0388. The first-order chi connectivity index (χ1) is 11.2. The Labute approximate surface area is 146 Å². The Morgan fingerprint density at radius 3 is 2.29 bits per heavy atom. The van der Waals surface area contributed by atoms with E-state index in [9.17, 15) is 9.59 Å². The zero-order valence-electron chi connectivity index (χ0n) is 15.9. The van der Waals surface area contributed by atoms with Crippen LogP contribution in [-0.4, -0.2) is 92.2 Å². The molecule has 0 aromatic rings. The van der Waals surface area contributed by atoms with Crippen molar-refractivity contribution >= 4 is 12.0 Å². The maximum atomic E-state index is 12.0. The molecule has 1 rings (SSSR count). The normalized spacial score (nSPS) is 15.6. The van der Waals surface area contributed by atoms with Gasteiger partial charge in [-0.25, -0.2) is 4.79 Å². The lowest BCUT2D eigenvalue weighted by atomic mass is 10.2. The van der Waals surface area contributed by atoms with Crippen molar-refractivity contribution in [1.82, 2.24) is 20.0 Å². The van der Waals surface area contributed by atoms with Crippen LogP contribution in [0.5, 0.6) is 0 Å². The van der Waals surface area contributed by atoms with E-state index in [0.29, 0.717) is 6.54 Å². The SMILES string of the molecule is CN(CCN1CCCC1)CCN(C)C(=O)CNC(=O)OC(C)(C)C. The summed E-state index contributed by atoms with van der Waals surface area (Å²) in [7, 11) is 3.83. The van der Waals surface area contributed by atoms with Crippen LogP contribution in [0.4, 0.5) is 4.79 Å². The number of amides is 2. The van der Waals surface area contributed by atoms with Crippen molar-refractivity contribution in [2.45, 2.75) is 39.2 Å². The Hall–Kier alpha value is -1.34. The van der Waals surface area contributed by atoms with E-state index < -0.39 is 11.7 Å². The van der Waals surface area contributed by atoms with E-state index in [1.807, 2.05) is 0 Å². The molecule has 0 radical (unpaired) electrons. The fraction of sp³-hybridized carbons (Fsp3) is 0.882. The Balaban J connectivity index is 2.15. The van der Waals surface area contributed by atoms with Gasteiger partial charge in [-0.2, -0.15) is 0 Å². The number of ether oxygens (including phenoxy) is 1. The predicted molar refractivity (Wildman–Crippen MR) is 95.0 cm³/mol. The molecule has 0 bridgehead atoms. The van der Waals surface area contributed by atoms with Crippen LogP contribution in [0.3, 0.4) is 0 Å². The van der Waals surface area contributed by atoms with Gasteiger partial charge in [0.25, 0.3) is 0 Å². The molecule has 1 fully saturated rings. The quantitative estimate of drug-likeness (QED) is 0.713. The molecule has 0 aromatic carbocycles. The fourth-order valence-electron chi connectivity index (χ4n) is 2.47. The number of hydrogen-bond donors (Lipinski definition) is 1. The third-order valence-electron chi connectivity index (χ3n) is 4.02. The van der Waals surface area contributed by atoms with Gasteiger partial charge in [0.15, 0.2) is 0 Å². The van der Waals surface area contributed by atoms with Gasteiger partial charge in [0.2, 0.25) is 5.91 Å². The number of likely N-dealkylation sites (N-methyl/N-ethyl adjacent to an activating group) is 2. The molecule has 1 aliphatic heterocycles. The van der Waals surface area contributed by atoms with Gasteiger partial charge in [-0.1, -0.05) is 0 Å². The molecule has 7 heteroatoms. The summed E-state index contributed by atoms with van der Waals surface area (Å²) >= 11 is 0. The molecular formula is C17H34N4O3. The number of nitrogens with zero attached hydrogens (tertiary/aromatic N) is 3. The second-order valence-electron chi connectivity index (χ2n) is 7.52. The molecule has 1 N–H and O–H groups in total. The van der Waals surface area contributed by atoms with E-state index in [-0.39, 0.29) is 12.5 Å². The molecule has 0 unspecified atom stereocenters. The average molecular weight is 342 g/mol. The van der Waals surface area contributed by atoms with E-state index >= 15 is 0 Å². The molecule has 7 nitrogen and oxygen atoms in total. The second kappa shape index (κ2) is 9.84. The van der Waals surface area contributed by atoms with Crippen LogP contribution in [0.1, 0.15) is 33.6 Å². The van der Waals surface area contributed by atoms with E-state index in [0.717, 1.165) is 19.6 Å². The number of carbonyl (C=O) groups excluding carboxylic acids is 2. The first kappa shape index (κ1) is 20.7. The predicted octanol–water partition coefficient (Wildman–Crippen LogP) is 0.997. The highest BCUT2D eigenvalue weighted by Crippen LogP contribution is 2.07. The zero-order chi connectivity index (χ0) is 18.2. The monoisotopic (exact) mass is 342 g/mol. The molecule has 0 saturated carbocycles. The van der Waals surface area contributed by atoms with Crippen LogP contribution >= 0.6 is 0 Å². The Bertz CT molecular complexity index is 403. The van der Waals surface area contributed by atoms with Crippen molar-refractivity contribution in [2.24, 2.45) is 0 Å². The molecule has 1 aliphatic rings. The van der Waals surface area contributed by atoms with Crippen LogP contribution in [-0.2, 0) is 9.53 Å². The van der Waals surface area contributed by atoms with Gasteiger partial charge >= 0.3 is 6.09 Å². The van der Waals surface area contributed by atoms with Gasteiger partial charge in [-0.3, -0.25) is 4.79 Å². The Kier molecular flexibility index (Phi) is 8.48. The highest BCUT2D eigenvalue weighted by atomic mass is 16.6. The summed E-state index contributed by atoms with van der Waals surface area (Å²) in [4.78, 5) is 29.9. The highest BCUT2D eigenvalue weighted by molar-refractivity contribution is 5.82. The number of rotatable bonds is 8. The first-order valence-corrected chi connectivity index (χ1v) is 8.79. The molecule has 1 saturated heterocycles. The van der Waals surface area contributed by atoms with Crippen LogP contribution in [0.2, 0.25) is 0 Å². The lowest BCUT2D eigenvalue weighted by Gasteiger charge is -2.24. The maximum Gasteiger partial charge on any atom is 0.408 e. The molecular weight excluding hydrogens is 308 g/mol. The van der Waals surface area contributed by atoms with Gasteiger partial charge in [0.05, 0.1) is 0 Å². The van der Waals surface area contributed by atoms with E-state index in [2.05, 4.69) is 22.2 Å². The fourth-order valence-corrected chi connectivity index (χ4v) is 2.47. The number of carbonyl (C=O) groups is 2. The number of likely N-dealkylation sites (tertiary alicyclic amines) is 1. The van der Waals surface area contributed by atoms with E-state index in [1.165, 1.54) is 25.9 Å². The summed E-state index contributed by atoms with van der Waals surface area (Å²) in [6.45, 7) is 11.3. The van der Waals surface area contributed by atoms with E-state index in [1.54, 1.807) is 32.7 Å². The Morgan fingerprint density at radius 2 is 1.71 bits per heavy atom. The topological polar surface area (TPSA) is 65.1 Å². The van der Waals surface area contributed by atoms with Crippen molar-refractivity contribution in [2.75, 3.05) is 59.9 Å². The molecule has 0 aromatic heterocycles. The maximum absolute atomic E-state index is 12.0. The molecule has 24 heavy (non-hydrogen) atoms. The summed E-state index contributed by atoms with van der Waals surface area (Å²) in [5, 5.41) is 2.50. The van der Waals surface area contributed by atoms with Gasteiger partial charge in [-0.15, -0.1) is 0 Å². The number of nitrogens with one attached hydrogen (secondary N) is 1. The van der Waals surface area contributed by atoms with Crippen LogP contribution in [0, 0.1) is 0 Å². The first-order valence-electron chi connectivity index (χ1n) is 8.79. The number of alkyl carbamates (subject to hydrolysis) is 1. The lowest BCUT2D eigenvalue weighted by Crippen LogP contribution is -2.43. The van der Waals surface area contributed by atoms with Gasteiger partial charge in [0.1, 0.15) is 12.1 Å². The summed E-state index contributed by atoms with van der Waals surface area (Å²) in [6, 6.07) is 0. The van der Waals surface area contributed by atoms with Gasteiger partial charge in [0, 0.05) is 33.2 Å². The molecule has 140 valence electrons. The lowest BCUT2D eigenvalue weighted by molar-refractivity contribution is -0.129. The van der Waals surface area contributed by atoms with Crippen LogP contribution < -0.4 is 5.32 Å². The van der Waals surface area contributed by atoms with Crippen molar-refractivity contribution in [1.29, 1.82) is 0 Å². The highest BCUT2D eigenvalue weighted by Gasteiger charge is 2.18. The van der Waals surface area contributed by atoms with Gasteiger partial charge in [-0.05, 0) is 53.8 Å². The van der Waals surface area contributed by atoms with Crippen molar-refractivity contribution in [3.8, 4) is 0 Å². The molecule has 1 heterocycles. The van der Waals surface area contributed by atoms with E-state index in [4.69, 9.17) is 4.74 Å².